The van der Waals surface area contributed by atoms with Gasteiger partial charge in [-0.15, -0.1) is 0 Å². The predicted molar refractivity (Wildman–Crippen MR) is 125 cm³/mol. The summed E-state index contributed by atoms with van der Waals surface area (Å²) in [5.41, 5.74) is 1.76. The number of carbonyl (C=O) groups is 1. The van der Waals surface area contributed by atoms with E-state index in [0.717, 1.165) is 12.1 Å². The quantitative estimate of drug-likeness (QED) is 0.532. The first-order valence-corrected chi connectivity index (χ1v) is 10.9. The van der Waals surface area contributed by atoms with Gasteiger partial charge in [-0.05, 0) is 52.1 Å². The van der Waals surface area contributed by atoms with Gasteiger partial charge in [-0.25, -0.2) is 4.98 Å². The molecule has 0 N–H and O–H groups in total. The molecule has 0 spiro atoms. The van der Waals surface area contributed by atoms with Crippen LogP contribution in [0.4, 0.5) is 0 Å². The van der Waals surface area contributed by atoms with Crippen LogP contribution in [0.1, 0.15) is 37.7 Å². The number of benzene rings is 2. The van der Waals surface area contributed by atoms with Gasteiger partial charge in [-0.1, -0.05) is 42.5 Å². The van der Waals surface area contributed by atoms with Crippen LogP contribution in [0.2, 0.25) is 0 Å². The third kappa shape index (κ3) is 5.39. The van der Waals surface area contributed by atoms with Crippen LogP contribution >= 0.6 is 0 Å². The van der Waals surface area contributed by atoms with Crippen molar-refractivity contribution < 1.29 is 4.79 Å². The van der Waals surface area contributed by atoms with E-state index < -0.39 is 0 Å². The first-order valence-electron chi connectivity index (χ1n) is 10.9. The summed E-state index contributed by atoms with van der Waals surface area (Å²) in [5, 5.41) is 0.607. The lowest BCUT2D eigenvalue weighted by Gasteiger charge is -2.31. The number of likely N-dealkylation sites (N-methyl/N-ethyl adjacent to an activating group) is 1. The van der Waals surface area contributed by atoms with E-state index in [2.05, 4.69) is 4.90 Å². The Kier molecular flexibility index (Phi) is 7.58. The molecule has 6 heteroatoms. The minimum atomic E-state index is -0.305. The van der Waals surface area contributed by atoms with E-state index in [1.54, 1.807) is 10.6 Å². The van der Waals surface area contributed by atoms with E-state index in [-0.39, 0.29) is 17.5 Å². The highest BCUT2D eigenvalue weighted by Gasteiger charge is 2.25. The van der Waals surface area contributed by atoms with Crippen LogP contribution in [0.3, 0.4) is 0 Å². The van der Waals surface area contributed by atoms with Crippen molar-refractivity contribution in [1.29, 1.82) is 0 Å². The molecule has 2 aromatic carbocycles. The third-order valence-electron chi connectivity index (χ3n) is 5.63. The van der Waals surface area contributed by atoms with E-state index in [0.29, 0.717) is 42.7 Å². The second-order valence-corrected chi connectivity index (χ2v) is 8.09. The van der Waals surface area contributed by atoms with Gasteiger partial charge in [0.25, 0.3) is 5.56 Å². The maximum absolute atomic E-state index is 13.3. The van der Waals surface area contributed by atoms with Crippen molar-refractivity contribution in [2.45, 2.75) is 39.3 Å². The second-order valence-electron chi connectivity index (χ2n) is 8.09. The van der Waals surface area contributed by atoms with Crippen molar-refractivity contribution in [3.05, 3.63) is 76.3 Å². The molecule has 1 aromatic heterocycles. The Hall–Kier alpha value is -2.99. The highest BCUT2D eigenvalue weighted by molar-refractivity contribution is 5.78. The number of nitrogens with zero attached hydrogens (tertiary/aromatic N) is 4. The van der Waals surface area contributed by atoms with E-state index in [9.17, 15) is 9.59 Å². The number of amides is 1. The van der Waals surface area contributed by atoms with Crippen LogP contribution in [-0.2, 0) is 17.8 Å². The van der Waals surface area contributed by atoms with E-state index in [4.69, 9.17) is 4.98 Å². The van der Waals surface area contributed by atoms with Gasteiger partial charge >= 0.3 is 0 Å². The van der Waals surface area contributed by atoms with Crippen molar-refractivity contribution in [1.82, 2.24) is 19.4 Å². The maximum atomic E-state index is 13.3. The molecule has 3 aromatic rings. The molecule has 3 rings (SSSR count). The summed E-state index contributed by atoms with van der Waals surface area (Å²) in [5.74, 6) is 0.710. The van der Waals surface area contributed by atoms with Gasteiger partial charge < -0.3 is 9.80 Å². The zero-order valence-electron chi connectivity index (χ0n) is 18.9. The number of carbonyl (C=O) groups excluding carboxylic acids is 1. The van der Waals surface area contributed by atoms with Gasteiger partial charge in [0.15, 0.2) is 0 Å². The molecule has 0 fully saturated rings. The fourth-order valence-electron chi connectivity index (χ4n) is 3.83. The highest BCUT2D eigenvalue weighted by atomic mass is 16.2. The molecule has 1 atom stereocenters. The largest absolute Gasteiger partial charge is 0.331 e. The first kappa shape index (κ1) is 22.7. The Labute approximate surface area is 184 Å². The van der Waals surface area contributed by atoms with Gasteiger partial charge in [0.1, 0.15) is 5.82 Å². The third-order valence-corrected chi connectivity index (χ3v) is 5.63. The number of para-hydroxylation sites is 1. The molecule has 0 aliphatic rings. The lowest BCUT2D eigenvalue weighted by Crippen LogP contribution is -2.41. The first-order chi connectivity index (χ1) is 14.9. The molecule has 1 unspecified atom stereocenters. The average Bonchev–Trinajstić information content (AvgIpc) is 2.78. The molecule has 6 nitrogen and oxygen atoms in total. The van der Waals surface area contributed by atoms with Crippen molar-refractivity contribution in [2.75, 3.05) is 27.2 Å². The molecule has 0 aliphatic carbocycles. The summed E-state index contributed by atoms with van der Waals surface area (Å²) in [4.78, 5) is 35.1. The number of hydrogen-bond donors (Lipinski definition) is 0. The smallest absolute Gasteiger partial charge is 0.261 e. The summed E-state index contributed by atoms with van der Waals surface area (Å²) in [7, 11) is 3.99. The Morgan fingerprint density at radius 3 is 2.39 bits per heavy atom. The Balaban J connectivity index is 1.93. The van der Waals surface area contributed by atoms with Crippen molar-refractivity contribution >= 4 is 16.8 Å². The Morgan fingerprint density at radius 2 is 1.71 bits per heavy atom. The Bertz CT molecular complexity index is 1080. The minimum Gasteiger partial charge on any atom is -0.331 e. The number of hydrogen-bond acceptors (Lipinski definition) is 4. The predicted octanol–water partition coefficient (Wildman–Crippen LogP) is 3.50. The Morgan fingerprint density at radius 1 is 1.03 bits per heavy atom. The standard InChI is InChI=1S/C25H32N4O2/c1-5-28-24(26-22-14-10-9-13-21(22)25(28)31)19(2)29(18-17-27(3)4)23(30)16-15-20-11-7-6-8-12-20/h6-14,19H,5,15-18H2,1-4H3. The fraction of sp³-hybridized carbons (Fsp3) is 0.400. The fourth-order valence-corrected chi connectivity index (χ4v) is 3.83. The molecule has 0 radical (unpaired) electrons. The SMILES string of the molecule is CCn1c(C(C)N(CCN(C)C)C(=O)CCc2ccccc2)nc2ccccc2c1=O. The van der Waals surface area contributed by atoms with Crippen molar-refractivity contribution in [2.24, 2.45) is 0 Å². The van der Waals surface area contributed by atoms with Crippen LogP contribution in [0.15, 0.2) is 59.4 Å². The summed E-state index contributed by atoms with van der Waals surface area (Å²) in [6.45, 7) is 5.74. The molecule has 1 heterocycles. The molecule has 164 valence electrons. The van der Waals surface area contributed by atoms with Gasteiger partial charge in [0, 0.05) is 26.1 Å². The number of fused-ring (bicyclic) bond motifs is 1. The van der Waals surface area contributed by atoms with Gasteiger partial charge in [0.05, 0.1) is 16.9 Å². The molecule has 0 saturated heterocycles. The van der Waals surface area contributed by atoms with E-state index in [1.807, 2.05) is 81.4 Å². The van der Waals surface area contributed by atoms with Gasteiger partial charge in [-0.3, -0.25) is 14.2 Å². The monoisotopic (exact) mass is 420 g/mol. The van der Waals surface area contributed by atoms with Crippen LogP contribution in [0, 0.1) is 0 Å². The van der Waals surface area contributed by atoms with Gasteiger partial charge in [0.2, 0.25) is 5.91 Å². The average molecular weight is 421 g/mol. The normalized spacial score (nSPS) is 12.3. The zero-order valence-corrected chi connectivity index (χ0v) is 18.9. The number of rotatable bonds is 9. The molecule has 1 amide bonds. The minimum absolute atomic E-state index is 0.0563. The summed E-state index contributed by atoms with van der Waals surface area (Å²) in [6, 6.07) is 17.1. The van der Waals surface area contributed by atoms with E-state index in [1.165, 1.54) is 0 Å². The lowest BCUT2D eigenvalue weighted by atomic mass is 10.1. The van der Waals surface area contributed by atoms with Crippen LogP contribution in [0.25, 0.3) is 10.9 Å². The molecular weight excluding hydrogens is 388 g/mol. The summed E-state index contributed by atoms with van der Waals surface area (Å²) in [6.07, 6.45) is 1.11. The molecular formula is C25H32N4O2. The molecule has 31 heavy (non-hydrogen) atoms. The van der Waals surface area contributed by atoms with Crippen LogP contribution < -0.4 is 5.56 Å². The van der Waals surface area contributed by atoms with Crippen molar-refractivity contribution in [3.63, 3.8) is 0 Å². The van der Waals surface area contributed by atoms with E-state index >= 15 is 0 Å². The highest BCUT2D eigenvalue weighted by Crippen LogP contribution is 2.21. The summed E-state index contributed by atoms with van der Waals surface area (Å²) < 4.78 is 1.69. The topological polar surface area (TPSA) is 58.4 Å². The molecule has 0 saturated carbocycles. The van der Waals surface area contributed by atoms with Crippen LogP contribution in [-0.4, -0.2) is 52.4 Å². The van der Waals surface area contributed by atoms with Crippen LogP contribution in [0.5, 0.6) is 0 Å². The van der Waals surface area contributed by atoms with Gasteiger partial charge in [-0.2, -0.15) is 0 Å². The summed E-state index contributed by atoms with van der Waals surface area (Å²) >= 11 is 0. The molecule has 0 aliphatic heterocycles. The lowest BCUT2D eigenvalue weighted by molar-refractivity contribution is -0.133. The zero-order chi connectivity index (χ0) is 22.4. The van der Waals surface area contributed by atoms with Crippen molar-refractivity contribution in [3.8, 4) is 0 Å². The maximum Gasteiger partial charge on any atom is 0.261 e. The number of aromatic nitrogens is 2. The second kappa shape index (κ2) is 10.4. The molecule has 0 bridgehead atoms. The number of aryl methyl sites for hydroxylation is 1.